The summed E-state index contributed by atoms with van der Waals surface area (Å²) in [7, 11) is 1.75. The summed E-state index contributed by atoms with van der Waals surface area (Å²) < 4.78 is 29.1. The lowest BCUT2D eigenvalue weighted by Crippen LogP contribution is -2.45. The SMILES string of the molecule is C[C@@H]1Cc2nn3c(c2CN1C(=O)Nc1ccc(F)c(Br)c1F)C(=O)N(C)CCC3. The van der Waals surface area contributed by atoms with Crippen LogP contribution in [0.25, 0.3) is 0 Å². The molecule has 3 heterocycles. The molecule has 1 N–H and O–H groups in total. The molecular formula is C19H20BrF2N5O2. The Labute approximate surface area is 174 Å². The van der Waals surface area contributed by atoms with E-state index in [2.05, 4.69) is 26.3 Å². The Bertz CT molecular complexity index is 1010. The van der Waals surface area contributed by atoms with Crippen molar-refractivity contribution in [2.75, 3.05) is 18.9 Å². The molecule has 29 heavy (non-hydrogen) atoms. The number of nitrogens with one attached hydrogen (secondary N) is 1. The first-order chi connectivity index (χ1) is 13.8. The number of hydrogen-bond acceptors (Lipinski definition) is 3. The van der Waals surface area contributed by atoms with Crippen LogP contribution < -0.4 is 5.32 Å². The lowest BCUT2D eigenvalue weighted by Gasteiger charge is -2.33. The first kappa shape index (κ1) is 19.8. The Kier molecular flexibility index (Phi) is 5.05. The average molecular weight is 468 g/mol. The summed E-state index contributed by atoms with van der Waals surface area (Å²) in [5, 5.41) is 7.11. The molecule has 7 nitrogen and oxygen atoms in total. The maximum absolute atomic E-state index is 14.3. The molecular weight excluding hydrogens is 448 g/mol. The predicted molar refractivity (Wildman–Crippen MR) is 106 cm³/mol. The number of halogens is 3. The van der Waals surface area contributed by atoms with E-state index in [0.29, 0.717) is 25.2 Å². The molecule has 2 aliphatic rings. The van der Waals surface area contributed by atoms with Gasteiger partial charge in [0.1, 0.15) is 11.5 Å². The van der Waals surface area contributed by atoms with Gasteiger partial charge in [-0.15, -0.1) is 0 Å². The van der Waals surface area contributed by atoms with Gasteiger partial charge in [-0.1, -0.05) is 0 Å². The van der Waals surface area contributed by atoms with Crippen LogP contribution in [0.3, 0.4) is 0 Å². The minimum absolute atomic E-state index is 0.111. The Morgan fingerprint density at radius 1 is 1.31 bits per heavy atom. The summed E-state index contributed by atoms with van der Waals surface area (Å²) in [4.78, 5) is 28.8. The number of fused-ring (bicyclic) bond motifs is 3. The van der Waals surface area contributed by atoms with E-state index in [1.165, 1.54) is 6.07 Å². The third-order valence-electron chi connectivity index (χ3n) is 5.43. The average Bonchev–Trinajstić information content (AvgIpc) is 2.96. The predicted octanol–water partition coefficient (Wildman–Crippen LogP) is 3.38. The molecule has 10 heteroatoms. The molecule has 1 aromatic heterocycles. The molecule has 0 aliphatic carbocycles. The Morgan fingerprint density at radius 3 is 2.83 bits per heavy atom. The second kappa shape index (κ2) is 7.40. The molecule has 0 unspecified atom stereocenters. The highest BCUT2D eigenvalue weighted by Crippen LogP contribution is 2.30. The molecule has 0 radical (unpaired) electrons. The van der Waals surface area contributed by atoms with Crippen molar-refractivity contribution >= 4 is 33.6 Å². The van der Waals surface area contributed by atoms with Gasteiger partial charge in [0.15, 0.2) is 5.82 Å². The minimum Gasteiger partial charge on any atom is -0.340 e. The van der Waals surface area contributed by atoms with E-state index in [4.69, 9.17) is 0 Å². The Balaban J connectivity index is 1.62. The largest absolute Gasteiger partial charge is 0.340 e. The molecule has 2 aromatic rings. The standard InChI is InChI=1S/C19H20BrF2N5O2/c1-10-8-14-11(17-18(28)25(2)6-3-7-27(17)24-14)9-26(10)19(29)23-13-5-4-12(21)15(20)16(13)22/h4-5,10H,3,6-9H2,1-2H3,(H,23,29)/t10-/m1/s1. The third kappa shape index (κ3) is 3.39. The smallest absolute Gasteiger partial charge is 0.322 e. The van der Waals surface area contributed by atoms with Crippen LogP contribution in [0.2, 0.25) is 0 Å². The number of nitrogens with zero attached hydrogens (tertiary/aromatic N) is 4. The molecule has 2 aliphatic heterocycles. The van der Waals surface area contributed by atoms with Gasteiger partial charge in [0.05, 0.1) is 22.4 Å². The fourth-order valence-electron chi connectivity index (χ4n) is 3.82. The monoisotopic (exact) mass is 467 g/mol. The van der Waals surface area contributed by atoms with E-state index in [0.717, 1.165) is 23.7 Å². The van der Waals surface area contributed by atoms with Gasteiger partial charge in [0.25, 0.3) is 5.91 Å². The van der Waals surface area contributed by atoms with Crippen LogP contribution in [0.4, 0.5) is 19.3 Å². The third-order valence-corrected chi connectivity index (χ3v) is 6.16. The lowest BCUT2D eigenvalue weighted by atomic mass is 9.99. The van der Waals surface area contributed by atoms with Crippen molar-refractivity contribution in [3.63, 3.8) is 0 Å². The van der Waals surface area contributed by atoms with Crippen molar-refractivity contribution in [2.24, 2.45) is 0 Å². The molecule has 4 rings (SSSR count). The van der Waals surface area contributed by atoms with Crippen molar-refractivity contribution in [3.05, 3.63) is 45.2 Å². The summed E-state index contributed by atoms with van der Waals surface area (Å²) >= 11 is 2.84. The van der Waals surface area contributed by atoms with Gasteiger partial charge in [0, 0.05) is 38.2 Å². The van der Waals surface area contributed by atoms with Crippen LogP contribution in [-0.4, -0.2) is 51.2 Å². The zero-order chi connectivity index (χ0) is 20.9. The lowest BCUT2D eigenvalue weighted by molar-refractivity contribution is 0.0793. The summed E-state index contributed by atoms with van der Waals surface area (Å²) in [6, 6.07) is 1.54. The summed E-state index contributed by atoms with van der Waals surface area (Å²) in [5.41, 5.74) is 1.94. The first-order valence-electron chi connectivity index (χ1n) is 9.33. The fraction of sp³-hybridized carbons (Fsp3) is 0.421. The number of aryl methyl sites for hydroxylation is 1. The number of rotatable bonds is 1. The molecule has 1 aromatic carbocycles. The normalized spacial score (nSPS) is 18.9. The van der Waals surface area contributed by atoms with Crippen LogP contribution in [0, 0.1) is 11.6 Å². The zero-order valence-electron chi connectivity index (χ0n) is 16.0. The van der Waals surface area contributed by atoms with Crippen LogP contribution in [0.5, 0.6) is 0 Å². The van der Waals surface area contributed by atoms with E-state index >= 15 is 0 Å². The van der Waals surface area contributed by atoms with Gasteiger partial charge in [-0.2, -0.15) is 5.10 Å². The highest BCUT2D eigenvalue weighted by molar-refractivity contribution is 9.10. The zero-order valence-corrected chi connectivity index (χ0v) is 17.6. The molecule has 3 amide bonds. The molecule has 0 saturated carbocycles. The van der Waals surface area contributed by atoms with Crippen molar-refractivity contribution in [2.45, 2.75) is 38.9 Å². The number of amides is 3. The van der Waals surface area contributed by atoms with Gasteiger partial charge in [-0.05, 0) is 41.4 Å². The molecule has 0 saturated heterocycles. The summed E-state index contributed by atoms with van der Waals surface area (Å²) in [6.07, 6.45) is 1.31. The highest BCUT2D eigenvalue weighted by atomic mass is 79.9. The van der Waals surface area contributed by atoms with Gasteiger partial charge in [0.2, 0.25) is 0 Å². The molecule has 0 fully saturated rings. The number of carbonyl (C=O) groups is 2. The van der Waals surface area contributed by atoms with Gasteiger partial charge >= 0.3 is 6.03 Å². The summed E-state index contributed by atoms with van der Waals surface area (Å²) in [6.45, 7) is 3.36. The highest BCUT2D eigenvalue weighted by Gasteiger charge is 2.35. The van der Waals surface area contributed by atoms with Crippen LogP contribution in [-0.2, 0) is 19.5 Å². The topological polar surface area (TPSA) is 70.5 Å². The van der Waals surface area contributed by atoms with Gasteiger partial charge in [-0.25, -0.2) is 13.6 Å². The molecule has 0 spiro atoms. The number of hydrogen-bond donors (Lipinski definition) is 1. The van der Waals surface area contributed by atoms with Crippen LogP contribution in [0.1, 0.15) is 35.1 Å². The van der Waals surface area contributed by atoms with Crippen molar-refractivity contribution in [1.29, 1.82) is 0 Å². The maximum Gasteiger partial charge on any atom is 0.322 e. The Hall–Kier alpha value is -2.49. The quantitative estimate of drug-likeness (QED) is 0.653. The van der Waals surface area contributed by atoms with Crippen molar-refractivity contribution < 1.29 is 18.4 Å². The number of anilines is 1. The Morgan fingerprint density at radius 2 is 2.07 bits per heavy atom. The van der Waals surface area contributed by atoms with E-state index in [9.17, 15) is 18.4 Å². The van der Waals surface area contributed by atoms with Crippen LogP contribution in [0.15, 0.2) is 16.6 Å². The maximum atomic E-state index is 14.3. The van der Waals surface area contributed by atoms with E-state index in [-0.39, 0.29) is 28.7 Å². The number of aromatic nitrogens is 2. The molecule has 1 atom stereocenters. The minimum atomic E-state index is -0.875. The number of urea groups is 1. The van der Waals surface area contributed by atoms with E-state index < -0.39 is 17.7 Å². The number of carbonyl (C=O) groups excluding carboxylic acids is 2. The fourth-order valence-corrected chi connectivity index (χ4v) is 4.16. The summed E-state index contributed by atoms with van der Waals surface area (Å²) in [5.74, 6) is -1.73. The second-order valence-electron chi connectivity index (χ2n) is 7.41. The van der Waals surface area contributed by atoms with E-state index in [1.807, 2.05) is 6.92 Å². The van der Waals surface area contributed by atoms with Crippen molar-refractivity contribution in [3.8, 4) is 0 Å². The molecule has 154 valence electrons. The first-order valence-corrected chi connectivity index (χ1v) is 10.1. The van der Waals surface area contributed by atoms with Gasteiger partial charge < -0.3 is 15.1 Å². The second-order valence-corrected chi connectivity index (χ2v) is 8.20. The van der Waals surface area contributed by atoms with E-state index in [1.54, 1.807) is 21.5 Å². The number of benzene rings is 1. The van der Waals surface area contributed by atoms with Crippen LogP contribution >= 0.6 is 15.9 Å². The van der Waals surface area contributed by atoms with Crippen molar-refractivity contribution in [1.82, 2.24) is 19.6 Å². The van der Waals surface area contributed by atoms with Gasteiger partial charge in [-0.3, -0.25) is 9.48 Å². The molecule has 0 bridgehead atoms.